The lowest BCUT2D eigenvalue weighted by Crippen LogP contribution is -2.27. The Hall–Kier alpha value is -1.22. The molecule has 0 spiro atoms. The number of ether oxygens (including phenoxy) is 2. The summed E-state index contributed by atoms with van der Waals surface area (Å²) < 4.78 is 10.2. The zero-order valence-electron chi connectivity index (χ0n) is 10.3. The summed E-state index contributed by atoms with van der Waals surface area (Å²) in [4.78, 5) is 11.4. The van der Waals surface area contributed by atoms with Gasteiger partial charge in [0.15, 0.2) is 0 Å². The van der Waals surface area contributed by atoms with Gasteiger partial charge < -0.3 is 9.47 Å². The minimum Gasteiger partial charge on any atom is -0.494 e. The molecule has 0 aromatic heterocycles. The lowest BCUT2D eigenvalue weighted by Gasteiger charge is -2.21. The monoisotopic (exact) mass is 256 g/mol. The summed E-state index contributed by atoms with van der Waals surface area (Å²) in [5.41, 5.74) is -0.527. The Balaban J connectivity index is 2.42. The van der Waals surface area contributed by atoms with Crippen LogP contribution < -0.4 is 4.74 Å². The van der Waals surface area contributed by atoms with Crippen LogP contribution in [0, 0.1) is 5.41 Å². The molecule has 4 heteroatoms. The Labute approximate surface area is 107 Å². The van der Waals surface area contributed by atoms with E-state index in [-0.39, 0.29) is 5.97 Å². The summed E-state index contributed by atoms with van der Waals surface area (Å²) in [5.74, 6) is 0.521. The first-order valence-electron chi connectivity index (χ1n) is 5.42. The zero-order valence-corrected chi connectivity index (χ0v) is 11.1. The molecule has 1 aromatic carbocycles. The molecule has 0 aliphatic rings. The minimum absolute atomic E-state index is 0.225. The summed E-state index contributed by atoms with van der Waals surface area (Å²) in [6.45, 7) is 4.14. The molecule has 0 saturated heterocycles. The quantitative estimate of drug-likeness (QED) is 0.759. The predicted octanol–water partition coefficient (Wildman–Crippen LogP) is 3.31. The highest BCUT2D eigenvalue weighted by molar-refractivity contribution is 6.30. The van der Waals surface area contributed by atoms with Gasteiger partial charge in [0, 0.05) is 5.02 Å². The molecule has 0 atom stereocenters. The Bertz CT molecular complexity index is 371. The van der Waals surface area contributed by atoms with Gasteiger partial charge in [-0.25, -0.2) is 0 Å². The van der Waals surface area contributed by atoms with Crippen molar-refractivity contribution in [2.24, 2.45) is 5.41 Å². The highest BCUT2D eigenvalue weighted by Gasteiger charge is 2.28. The van der Waals surface area contributed by atoms with Crippen LogP contribution in [0.4, 0.5) is 0 Å². The number of carbonyl (C=O) groups excluding carboxylic acids is 1. The van der Waals surface area contributed by atoms with Crippen LogP contribution >= 0.6 is 11.6 Å². The summed E-state index contributed by atoms with van der Waals surface area (Å²) in [6.07, 6.45) is 0.600. The second-order valence-electron chi connectivity index (χ2n) is 4.43. The van der Waals surface area contributed by atoms with Gasteiger partial charge in [0.1, 0.15) is 5.75 Å². The highest BCUT2D eigenvalue weighted by Crippen LogP contribution is 2.23. The molecule has 1 rings (SSSR count). The van der Waals surface area contributed by atoms with Crippen LogP contribution in [0.15, 0.2) is 24.3 Å². The molecule has 0 unspecified atom stereocenters. The molecule has 3 nitrogen and oxygen atoms in total. The average Bonchev–Trinajstić information content (AvgIpc) is 2.30. The highest BCUT2D eigenvalue weighted by atomic mass is 35.5. The van der Waals surface area contributed by atoms with Gasteiger partial charge in [0.25, 0.3) is 0 Å². The molecule has 0 amide bonds. The summed E-state index contributed by atoms with van der Waals surface area (Å²) in [5, 5.41) is 0.673. The normalized spacial score (nSPS) is 11.1. The van der Waals surface area contributed by atoms with Crippen LogP contribution in [0.25, 0.3) is 0 Å². The lowest BCUT2D eigenvalue weighted by molar-refractivity contribution is -0.151. The third kappa shape index (κ3) is 4.27. The Morgan fingerprint density at radius 2 is 1.88 bits per heavy atom. The number of methoxy groups -OCH3 is 1. The van der Waals surface area contributed by atoms with Crippen molar-refractivity contribution in [3.05, 3.63) is 29.3 Å². The molecule has 0 fully saturated rings. The van der Waals surface area contributed by atoms with Crippen molar-refractivity contribution in [1.29, 1.82) is 0 Å². The van der Waals surface area contributed by atoms with Gasteiger partial charge in [-0.15, -0.1) is 0 Å². The first kappa shape index (κ1) is 13.8. The first-order valence-corrected chi connectivity index (χ1v) is 5.80. The number of esters is 1. The fourth-order valence-electron chi connectivity index (χ4n) is 1.33. The number of benzene rings is 1. The number of halogens is 1. The summed E-state index contributed by atoms with van der Waals surface area (Å²) in [7, 11) is 1.39. The fourth-order valence-corrected chi connectivity index (χ4v) is 1.46. The van der Waals surface area contributed by atoms with Gasteiger partial charge in [-0.05, 0) is 44.5 Å². The molecule has 0 aliphatic carbocycles. The van der Waals surface area contributed by atoms with Crippen molar-refractivity contribution >= 4 is 17.6 Å². The van der Waals surface area contributed by atoms with E-state index in [1.54, 1.807) is 24.3 Å². The van der Waals surface area contributed by atoms with Crippen molar-refractivity contribution in [3.63, 3.8) is 0 Å². The van der Waals surface area contributed by atoms with E-state index >= 15 is 0 Å². The van der Waals surface area contributed by atoms with Crippen LogP contribution in [-0.2, 0) is 9.53 Å². The largest absolute Gasteiger partial charge is 0.494 e. The summed E-state index contributed by atoms with van der Waals surface area (Å²) >= 11 is 5.76. The van der Waals surface area contributed by atoms with Crippen molar-refractivity contribution in [2.45, 2.75) is 20.3 Å². The average molecular weight is 257 g/mol. The second-order valence-corrected chi connectivity index (χ2v) is 4.86. The number of hydrogen-bond donors (Lipinski definition) is 0. The number of hydrogen-bond acceptors (Lipinski definition) is 3. The SMILES string of the molecule is COC(=O)C(C)(C)CCOc1ccc(Cl)cc1. The molecule has 0 saturated carbocycles. The van der Waals surface area contributed by atoms with Crippen molar-refractivity contribution in [1.82, 2.24) is 0 Å². The van der Waals surface area contributed by atoms with Crippen LogP contribution in [0.1, 0.15) is 20.3 Å². The Morgan fingerprint density at radius 1 is 1.29 bits per heavy atom. The van der Waals surface area contributed by atoms with Gasteiger partial charge in [0.2, 0.25) is 0 Å². The van der Waals surface area contributed by atoms with Crippen LogP contribution in [-0.4, -0.2) is 19.7 Å². The molecule has 94 valence electrons. The zero-order chi connectivity index (χ0) is 12.9. The number of carbonyl (C=O) groups is 1. The van der Waals surface area contributed by atoms with Crippen LogP contribution in [0.5, 0.6) is 5.75 Å². The van der Waals surface area contributed by atoms with E-state index in [1.807, 2.05) is 13.8 Å². The van der Waals surface area contributed by atoms with E-state index in [9.17, 15) is 4.79 Å². The van der Waals surface area contributed by atoms with Gasteiger partial charge in [-0.2, -0.15) is 0 Å². The van der Waals surface area contributed by atoms with E-state index in [2.05, 4.69) is 0 Å². The summed E-state index contributed by atoms with van der Waals surface area (Å²) in [6, 6.07) is 7.13. The lowest BCUT2D eigenvalue weighted by atomic mass is 9.90. The molecule has 0 bridgehead atoms. The van der Waals surface area contributed by atoms with E-state index in [0.29, 0.717) is 18.1 Å². The van der Waals surface area contributed by atoms with Crippen LogP contribution in [0.3, 0.4) is 0 Å². The third-order valence-corrected chi connectivity index (χ3v) is 2.80. The Kier molecular flexibility index (Phi) is 4.82. The predicted molar refractivity (Wildman–Crippen MR) is 67.4 cm³/mol. The third-order valence-electron chi connectivity index (χ3n) is 2.55. The van der Waals surface area contributed by atoms with E-state index in [1.165, 1.54) is 7.11 Å². The first-order chi connectivity index (χ1) is 7.95. The van der Waals surface area contributed by atoms with Gasteiger partial charge in [-0.1, -0.05) is 11.6 Å². The smallest absolute Gasteiger partial charge is 0.311 e. The molecule has 1 aromatic rings. The van der Waals surface area contributed by atoms with Gasteiger partial charge in [-0.3, -0.25) is 4.79 Å². The van der Waals surface area contributed by atoms with Crippen molar-refractivity contribution in [3.8, 4) is 5.75 Å². The molecule has 0 N–H and O–H groups in total. The maximum Gasteiger partial charge on any atom is 0.311 e. The second kappa shape index (κ2) is 5.92. The standard InChI is InChI=1S/C13H17ClO3/c1-13(2,12(15)16-3)8-9-17-11-6-4-10(14)5-7-11/h4-7H,8-9H2,1-3H3. The fraction of sp³-hybridized carbons (Fsp3) is 0.462. The molecular weight excluding hydrogens is 240 g/mol. The maximum atomic E-state index is 11.4. The van der Waals surface area contributed by atoms with E-state index < -0.39 is 5.41 Å². The van der Waals surface area contributed by atoms with Crippen LogP contribution in [0.2, 0.25) is 5.02 Å². The van der Waals surface area contributed by atoms with E-state index in [0.717, 1.165) is 5.75 Å². The van der Waals surface area contributed by atoms with Gasteiger partial charge >= 0.3 is 5.97 Å². The molecular formula is C13H17ClO3. The minimum atomic E-state index is -0.527. The van der Waals surface area contributed by atoms with Crippen molar-refractivity contribution in [2.75, 3.05) is 13.7 Å². The maximum absolute atomic E-state index is 11.4. The number of rotatable bonds is 5. The molecule has 0 radical (unpaired) electrons. The van der Waals surface area contributed by atoms with Crippen molar-refractivity contribution < 1.29 is 14.3 Å². The van der Waals surface area contributed by atoms with Gasteiger partial charge in [0.05, 0.1) is 19.1 Å². The molecule has 0 aliphatic heterocycles. The molecule has 0 heterocycles. The van der Waals surface area contributed by atoms with E-state index in [4.69, 9.17) is 21.1 Å². The Morgan fingerprint density at radius 3 is 2.41 bits per heavy atom. The topological polar surface area (TPSA) is 35.5 Å². The molecule has 17 heavy (non-hydrogen) atoms.